The molecule has 0 radical (unpaired) electrons. The van der Waals surface area contributed by atoms with Gasteiger partial charge >= 0.3 is 0 Å². The summed E-state index contributed by atoms with van der Waals surface area (Å²) in [5.41, 5.74) is 5.19. The number of amides is 3. The van der Waals surface area contributed by atoms with Crippen molar-refractivity contribution in [3.05, 3.63) is 18.2 Å². The number of anilines is 1. The lowest BCUT2D eigenvalue weighted by Crippen LogP contribution is -2.55. The Morgan fingerprint density at radius 3 is 2.77 bits per heavy atom. The number of rotatable bonds is 8. The first-order chi connectivity index (χ1) is 12.4. The average molecular weight is 382 g/mol. The first-order valence-corrected chi connectivity index (χ1v) is 8.93. The molecule has 1 aliphatic heterocycles. The molecule has 1 saturated heterocycles. The van der Waals surface area contributed by atoms with Crippen LogP contribution < -0.4 is 31.2 Å². The Morgan fingerprint density at radius 1 is 1.35 bits per heavy atom. The van der Waals surface area contributed by atoms with Crippen LogP contribution >= 0.6 is 11.8 Å². The number of thioether (sulfide) groups is 1. The highest BCUT2D eigenvalue weighted by Crippen LogP contribution is 2.29. The van der Waals surface area contributed by atoms with Gasteiger partial charge in [0.2, 0.25) is 17.7 Å². The molecule has 0 spiro atoms. The monoisotopic (exact) mass is 382 g/mol. The normalized spacial score (nSPS) is 19.4. The maximum Gasteiger partial charge on any atom is 0.234 e. The van der Waals surface area contributed by atoms with Crippen molar-refractivity contribution in [3.63, 3.8) is 0 Å². The van der Waals surface area contributed by atoms with E-state index in [0.717, 1.165) is 0 Å². The van der Waals surface area contributed by atoms with Crippen molar-refractivity contribution in [2.75, 3.05) is 25.3 Å². The van der Waals surface area contributed by atoms with Crippen molar-refractivity contribution in [1.82, 2.24) is 10.6 Å². The molecule has 1 fully saturated rings. The Bertz CT molecular complexity index is 683. The Hall–Kier alpha value is -2.46. The van der Waals surface area contributed by atoms with Gasteiger partial charge in [-0.3, -0.25) is 19.7 Å². The summed E-state index contributed by atoms with van der Waals surface area (Å²) in [5.74, 6) is 0.238. The lowest BCUT2D eigenvalue weighted by molar-refractivity contribution is -0.124. The van der Waals surface area contributed by atoms with Crippen LogP contribution in [-0.4, -0.2) is 49.2 Å². The van der Waals surface area contributed by atoms with E-state index in [1.165, 1.54) is 26.0 Å². The summed E-state index contributed by atoms with van der Waals surface area (Å²) in [7, 11) is 3.04. The minimum atomic E-state index is -0.483. The van der Waals surface area contributed by atoms with Gasteiger partial charge in [-0.25, -0.2) is 0 Å². The number of primary amides is 1. The molecule has 0 bridgehead atoms. The summed E-state index contributed by atoms with van der Waals surface area (Å²) in [6, 6.07) is 4.74. The first kappa shape index (κ1) is 19.9. The molecule has 1 heterocycles. The van der Waals surface area contributed by atoms with Crippen LogP contribution in [0.2, 0.25) is 0 Å². The van der Waals surface area contributed by atoms with Crippen LogP contribution in [0.1, 0.15) is 12.8 Å². The summed E-state index contributed by atoms with van der Waals surface area (Å²) >= 11 is 1.20. The van der Waals surface area contributed by atoms with E-state index in [1.54, 1.807) is 18.2 Å². The third-order valence-corrected chi connectivity index (χ3v) is 4.64. The van der Waals surface area contributed by atoms with Gasteiger partial charge in [0.05, 0.1) is 25.7 Å². The minimum absolute atomic E-state index is 0.0671. The quantitative estimate of drug-likeness (QED) is 0.498. The van der Waals surface area contributed by atoms with E-state index < -0.39 is 11.4 Å². The van der Waals surface area contributed by atoms with Crippen molar-refractivity contribution in [3.8, 4) is 11.5 Å². The number of nitrogens with two attached hydrogens (primary N) is 1. The van der Waals surface area contributed by atoms with Gasteiger partial charge in [0.15, 0.2) is 0 Å². The van der Waals surface area contributed by atoms with Gasteiger partial charge < -0.3 is 25.8 Å². The molecule has 142 valence electrons. The van der Waals surface area contributed by atoms with Gasteiger partial charge in [-0.15, -0.1) is 11.8 Å². The summed E-state index contributed by atoms with van der Waals surface area (Å²) in [4.78, 5) is 34.9. The third kappa shape index (κ3) is 5.81. The van der Waals surface area contributed by atoms with E-state index in [2.05, 4.69) is 16.0 Å². The number of hydrogen-bond donors (Lipinski definition) is 4. The molecular weight excluding hydrogens is 360 g/mol. The lowest BCUT2D eigenvalue weighted by atomic mass is 10.1. The zero-order valence-corrected chi connectivity index (χ0v) is 15.4. The molecule has 1 aromatic carbocycles. The fourth-order valence-corrected chi connectivity index (χ4v) is 3.36. The van der Waals surface area contributed by atoms with Gasteiger partial charge in [-0.2, -0.15) is 0 Å². The maximum absolute atomic E-state index is 12.2. The van der Waals surface area contributed by atoms with E-state index in [9.17, 15) is 14.4 Å². The van der Waals surface area contributed by atoms with Crippen LogP contribution in [-0.2, 0) is 14.4 Å². The second-order valence-electron chi connectivity index (χ2n) is 5.61. The Kier molecular flexibility index (Phi) is 7.10. The predicted octanol–water partition coefficient (Wildman–Crippen LogP) is 0.0126. The van der Waals surface area contributed by atoms with E-state index in [-0.39, 0.29) is 36.5 Å². The van der Waals surface area contributed by atoms with Crippen LogP contribution in [0.4, 0.5) is 5.69 Å². The van der Waals surface area contributed by atoms with Crippen LogP contribution in [0.3, 0.4) is 0 Å². The first-order valence-electron chi connectivity index (χ1n) is 7.88. The van der Waals surface area contributed by atoms with Crippen LogP contribution in [0.5, 0.6) is 11.5 Å². The molecule has 0 saturated carbocycles. The van der Waals surface area contributed by atoms with E-state index in [0.29, 0.717) is 17.2 Å². The molecule has 3 amide bonds. The molecule has 5 N–H and O–H groups in total. The van der Waals surface area contributed by atoms with Gasteiger partial charge in [-0.05, 0) is 12.1 Å². The molecular formula is C16H22N4O5S. The van der Waals surface area contributed by atoms with Crippen molar-refractivity contribution in [2.24, 2.45) is 5.73 Å². The van der Waals surface area contributed by atoms with Gasteiger partial charge in [0.25, 0.3) is 0 Å². The number of nitrogens with one attached hydrogen (secondary N) is 3. The number of carbonyl (C=O) groups is 3. The van der Waals surface area contributed by atoms with Gasteiger partial charge in [0, 0.05) is 24.9 Å². The summed E-state index contributed by atoms with van der Waals surface area (Å²) in [6.45, 7) is 0. The van der Waals surface area contributed by atoms with Crippen LogP contribution in [0.25, 0.3) is 0 Å². The molecule has 0 aromatic heterocycles. The van der Waals surface area contributed by atoms with Gasteiger partial charge in [-0.1, -0.05) is 0 Å². The van der Waals surface area contributed by atoms with Crippen LogP contribution in [0.15, 0.2) is 18.2 Å². The topological polar surface area (TPSA) is 132 Å². The number of benzene rings is 1. The predicted molar refractivity (Wildman–Crippen MR) is 97.9 cm³/mol. The minimum Gasteiger partial charge on any atom is -0.497 e. The fraction of sp³-hybridized carbons (Fsp3) is 0.438. The Labute approximate surface area is 155 Å². The average Bonchev–Trinajstić information content (AvgIpc) is 2.59. The zero-order valence-electron chi connectivity index (χ0n) is 14.5. The Balaban J connectivity index is 1.90. The Morgan fingerprint density at radius 2 is 2.12 bits per heavy atom. The highest BCUT2D eigenvalue weighted by atomic mass is 32.2. The van der Waals surface area contributed by atoms with Gasteiger partial charge in [0.1, 0.15) is 17.0 Å². The zero-order chi connectivity index (χ0) is 19.1. The number of ether oxygens (including phenoxy) is 2. The third-order valence-electron chi connectivity index (χ3n) is 3.62. The van der Waals surface area contributed by atoms with Crippen molar-refractivity contribution in [2.45, 2.75) is 24.4 Å². The van der Waals surface area contributed by atoms with Crippen molar-refractivity contribution in [1.29, 1.82) is 0 Å². The van der Waals surface area contributed by atoms with E-state index >= 15 is 0 Å². The standard InChI is InChI=1S/C16H22N4O5S/c1-24-10-3-4-12(25-2)11(7-10)19-15(23)8-26-16-18-9(5-13(17)21)6-14(22)20-16/h3-4,7,9,16,18H,5-6,8H2,1-2H3,(H2,17,21)(H,19,23)(H,20,22). The molecule has 9 nitrogen and oxygen atoms in total. The molecule has 2 atom stereocenters. The summed E-state index contributed by atoms with van der Waals surface area (Å²) in [6.07, 6.45) is 0.241. The SMILES string of the molecule is COc1ccc(OC)c(NC(=O)CSC2NC(=O)CC(CC(N)=O)N2)c1. The number of methoxy groups -OCH3 is 2. The molecule has 1 aliphatic rings. The summed E-state index contributed by atoms with van der Waals surface area (Å²) in [5, 5.41) is 8.55. The largest absolute Gasteiger partial charge is 0.497 e. The van der Waals surface area contributed by atoms with Crippen molar-refractivity contribution >= 4 is 35.2 Å². The highest BCUT2D eigenvalue weighted by molar-refractivity contribution is 8.00. The molecule has 2 unspecified atom stereocenters. The molecule has 26 heavy (non-hydrogen) atoms. The summed E-state index contributed by atoms with van der Waals surface area (Å²) < 4.78 is 10.4. The molecule has 10 heteroatoms. The lowest BCUT2D eigenvalue weighted by Gasteiger charge is -2.30. The highest BCUT2D eigenvalue weighted by Gasteiger charge is 2.27. The van der Waals surface area contributed by atoms with Crippen molar-refractivity contribution < 1.29 is 23.9 Å². The van der Waals surface area contributed by atoms with E-state index in [1.807, 2.05) is 0 Å². The molecule has 1 aromatic rings. The second kappa shape index (κ2) is 9.30. The van der Waals surface area contributed by atoms with Crippen LogP contribution in [0, 0.1) is 0 Å². The smallest absolute Gasteiger partial charge is 0.234 e. The number of hydrogen-bond acceptors (Lipinski definition) is 7. The maximum atomic E-state index is 12.2. The fourth-order valence-electron chi connectivity index (χ4n) is 2.46. The second-order valence-corrected chi connectivity index (χ2v) is 6.70. The molecule has 0 aliphatic carbocycles. The van der Waals surface area contributed by atoms with E-state index in [4.69, 9.17) is 15.2 Å². The molecule has 2 rings (SSSR count). The number of carbonyl (C=O) groups excluding carboxylic acids is 3.